The molecular formula is C47H86O6. The molecule has 0 spiro atoms. The molecule has 0 fully saturated rings. The van der Waals surface area contributed by atoms with Crippen LogP contribution in [0.4, 0.5) is 0 Å². The summed E-state index contributed by atoms with van der Waals surface area (Å²) in [6.45, 7) is 6.51. The molecule has 0 heterocycles. The van der Waals surface area contributed by atoms with Crippen molar-refractivity contribution in [1.29, 1.82) is 0 Å². The predicted molar refractivity (Wildman–Crippen MR) is 224 cm³/mol. The van der Waals surface area contributed by atoms with E-state index >= 15 is 0 Å². The van der Waals surface area contributed by atoms with E-state index in [2.05, 4.69) is 45.1 Å². The maximum absolute atomic E-state index is 12.7. The number of unbranched alkanes of at least 4 members (excludes halogenated alkanes) is 26. The molecule has 0 radical (unpaired) electrons. The van der Waals surface area contributed by atoms with Crippen LogP contribution in [0, 0.1) is 0 Å². The van der Waals surface area contributed by atoms with E-state index in [0.29, 0.717) is 19.3 Å². The lowest BCUT2D eigenvalue weighted by Crippen LogP contribution is -2.30. The standard InChI is InChI=1S/C47H86O6/c1-4-7-10-13-16-18-20-22-23-24-26-27-29-31-34-37-40-46(49)52-43-44(42-51-45(48)39-36-33-15-12-9-6-3)53-47(50)41-38-35-32-30-28-25-21-19-17-14-11-8-5-2/h11,14,19,21,44H,4-10,12-13,15-18,20,22-43H2,1-3H3/b14-11-,21-19-. The van der Waals surface area contributed by atoms with E-state index < -0.39 is 6.10 Å². The zero-order chi connectivity index (χ0) is 38.7. The summed E-state index contributed by atoms with van der Waals surface area (Å²) in [6, 6.07) is 0. The topological polar surface area (TPSA) is 78.9 Å². The Morgan fingerprint density at radius 1 is 0.377 bits per heavy atom. The molecule has 310 valence electrons. The molecule has 0 N–H and O–H groups in total. The number of carbonyl (C=O) groups excluding carboxylic acids is 3. The molecule has 6 nitrogen and oxygen atoms in total. The van der Waals surface area contributed by atoms with Gasteiger partial charge in [-0.3, -0.25) is 14.4 Å². The Morgan fingerprint density at radius 2 is 0.717 bits per heavy atom. The molecule has 1 unspecified atom stereocenters. The van der Waals surface area contributed by atoms with Gasteiger partial charge < -0.3 is 14.2 Å². The van der Waals surface area contributed by atoms with Gasteiger partial charge >= 0.3 is 17.9 Å². The van der Waals surface area contributed by atoms with Crippen LogP contribution in [0.2, 0.25) is 0 Å². The zero-order valence-electron chi connectivity index (χ0n) is 35.3. The fourth-order valence-electron chi connectivity index (χ4n) is 6.48. The van der Waals surface area contributed by atoms with E-state index in [0.717, 1.165) is 89.9 Å². The maximum atomic E-state index is 12.7. The smallest absolute Gasteiger partial charge is 0.306 e. The second-order valence-corrected chi connectivity index (χ2v) is 15.3. The number of esters is 3. The zero-order valence-corrected chi connectivity index (χ0v) is 35.3. The summed E-state index contributed by atoms with van der Waals surface area (Å²) >= 11 is 0. The molecule has 0 rings (SSSR count). The van der Waals surface area contributed by atoms with Crippen molar-refractivity contribution in [1.82, 2.24) is 0 Å². The van der Waals surface area contributed by atoms with Gasteiger partial charge in [0.25, 0.3) is 0 Å². The minimum atomic E-state index is -0.769. The van der Waals surface area contributed by atoms with Gasteiger partial charge in [0, 0.05) is 19.3 Å². The number of ether oxygens (including phenoxy) is 3. The Hall–Kier alpha value is -2.11. The van der Waals surface area contributed by atoms with Gasteiger partial charge in [0.05, 0.1) is 0 Å². The summed E-state index contributed by atoms with van der Waals surface area (Å²) in [5.41, 5.74) is 0. The van der Waals surface area contributed by atoms with Crippen molar-refractivity contribution >= 4 is 17.9 Å². The first kappa shape index (κ1) is 50.9. The predicted octanol–water partition coefficient (Wildman–Crippen LogP) is 14.4. The van der Waals surface area contributed by atoms with Gasteiger partial charge in [-0.15, -0.1) is 0 Å². The third-order valence-electron chi connectivity index (χ3n) is 9.94. The van der Waals surface area contributed by atoms with E-state index in [1.54, 1.807) is 0 Å². The van der Waals surface area contributed by atoms with Gasteiger partial charge in [-0.25, -0.2) is 0 Å². The average Bonchev–Trinajstić information content (AvgIpc) is 3.15. The third kappa shape index (κ3) is 40.9. The highest BCUT2D eigenvalue weighted by Crippen LogP contribution is 2.15. The lowest BCUT2D eigenvalue weighted by Gasteiger charge is -2.18. The molecule has 0 aliphatic rings. The highest BCUT2D eigenvalue weighted by molar-refractivity contribution is 5.71. The lowest BCUT2D eigenvalue weighted by atomic mass is 10.0. The molecule has 0 aliphatic carbocycles. The summed E-state index contributed by atoms with van der Waals surface area (Å²) in [5.74, 6) is -0.892. The first-order chi connectivity index (χ1) is 26.0. The van der Waals surface area contributed by atoms with E-state index in [1.165, 1.54) is 109 Å². The summed E-state index contributed by atoms with van der Waals surface area (Å²) < 4.78 is 16.6. The summed E-state index contributed by atoms with van der Waals surface area (Å²) in [7, 11) is 0. The molecule has 6 heteroatoms. The number of carbonyl (C=O) groups is 3. The van der Waals surface area contributed by atoms with Crippen molar-refractivity contribution in [3.05, 3.63) is 24.3 Å². The molecular weight excluding hydrogens is 661 g/mol. The van der Waals surface area contributed by atoms with Gasteiger partial charge in [-0.1, -0.05) is 199 Å². The van der Waals surface area contributed by atoms with Gasteiger partial charge in [0.2, 0.25) is 0 Å². The van der Waals surface area contributed by atoms with Crippen LogP contribution in [0.25, 0.3) is 0 Å². The van der Waals surface area contributed by atoms with Crippen LogP contribution in [0.3, 0.4) is 0 Å². The SMILES string of the molecule is CCC/C=C\C/C=C\CCCCCCCC(=O)OC(COC(=O)CCCCCCCC)COC(=O)CCCCCCCCCCCCCCCCCC. The first-order valence-electron chi connectivity index (χ1n) is 22.8. The van der Waals surface area contributed by atoms with Gasteiger partial charge in [0.15, 0.2) is 6.10 Å². The number of hydrogen-bond acceptors (Lipinski definition) is 6. The normalized spacial score (nSPS) is 12.1. The largest absolute Gasteiger partial charge is 0.462 e. The number of allylic oxidation sites excluding steroid dienone is 4. The average molecular weight is 747 g/mol. The Morgan fingerprint density at radius 3 is 1.11 bits per heavy atom. The molecule has 0 saturated carbocycles. The molecule has 0 amide bonds. The maximum Gasteiger partial charge on any atom is 0.306 e. The quantitative estimate of drug-likeness (QED) is 0.0268. The molecule has 0 aromatic carbocycles. The highest BCUT2D eigenvalue weighted by atomic mass is 16.6. The molecule has 53 heavy (non-hydrogen) atoms. The molecule has 0 aromatic rings. The van der Waals surface area contributed by atoms with Crippen LogP contribution in [0.15, 0.2) is 24.3 Å². The fourth-order valence-corrected chi connectivity index (χ4v) is 6.48. The van der Waals surface area contributed by atoms with Crippen molar-refractivity contribution < 1.29 is 28.6 Å². The van der Waals surface area contributed by atoms with Crippen molar-refractivity contribution in [2.75, 3.05) is 13.2 Å². The van der Waals surface area contributed by atoms with E-state index in [1.807, 2.05) is 0 Å². The molecule has 0 aromatic heterocycles. The molecule has 1 atom stereocenters. The second kappa shape index (κ2) is 42.6. The summed E-state index contributed by atoms with van der Waals surface area (Å²) in [6.07, 6.45) is 46.1. The van der Waals surface area contributed by atoms with Crippen LogP contribution < -0.4 is 0 Å². The Balaban J connectivity index is 4.24. The van der Waals surface area contributed by atoms with Crippen molar-refractivity contribution in [2.45, 2.75) is 245 Å². The van der Waals surface area contributed by atoms with Crippen LogP contribution in [0.5, 0.6) is 0 Å². The summed E-state index contributed by atoms with van der Waals surface area (Å²) in [5, 5.41) is 0. The van der Waals surface area contributed by atoms with Crippen LogP contribution in [0.1, 0.15) is 239 Å². The van der Waals surface area contributed by atoms with E-state index in [4.69, 9.17) is 14.2 Å². The van der Waals surface area contributed by atoms with Crippen LogP contribution >= 0.6 is 0 Å². The molecule has 0 bridgehead atoms. The Labute approximate surface area is 328 Å². The second-order valence-electron chi connectivity index (χ2n) is 15.3. The van der Waals surface area contributed by atoms with Crippen molar-refractivity contribution in [3.63, 3.8) is 0 Å². The summed E-state index contributed by atoms with van der Waals surface area (Å²) in [4.78, 5) is 37.5. The van der Waals surface area contributed by atoms with Crippen LogP contribution in [-0.4, -0.2) is 37.2 Å². The lowest BCUT2D eigenvalue weighted by molar-refractivity contribution is -0.167. The number of hydrogen-bond donors (Lipinski definition) is 0. The highest BCUT2D eigenvalue weighted by Gasteiger charge is 2.19. The fraction of sp³-hybridized carbons (Fsp3) is 0.851. The van der Waals surface area contributed by atoms with E-state index in [-0.39, 0.29) is 31.1 Å². The number of rotatable bonds is 41. The third-order valence-corrected chi connectivity index (χ3v) is 9.94. The monoisotopic (exact) mass is 747 g/mol. The van der Waals surface area contributed by atoms with Gasteiger partial charge in [0.1, 0.15) is 13.2 Å². The minimum absolute atomic E-state index is 0.0738. The molecule has 0 aliphatic heterocycles. The van der Waals surface area contributed by atoms with Crippen LogP contribution in [-0.2, 0) is 28.6 Å². The van der Waals surface area contributed by atoms with E-state index in [9.17, 15) is 14.4 Å². The van der Waals surface area contributed by atoms with Crippen molar-refractivity contribution in [2.24, 2.45) is 0 Å². The minimum Gasteiger partial charge on any atom is -0.462 e. The van der Waals surface area contributed by atoms with Gasteiger partial charge in [-0.2, -0.15) is 0 Å². The Bertz CT molecular complexity index is 865. The first-order valence-corrected chi connectivity index (χ1v) is 22.8. The van der Waals surface area contributed by atoms with Crippen molar-refractivity contribution in [3.8, 4) is 0 Å². The Kier molecular flexibility index (Phi) is 40.9. The van der Waals surface area contributed by atoms with Gasteiger partial charge in [-0.05, 0) is 44.9 Å². The molecule has 0 saturated heterocycles.